The Bertz CT molecular complexity index is 339. The van der Waals surface area contributed by atoms with Crippen LogP contribution in [0.5, 0.6) is 0 Å². The second-order valence-electron chi connectivity index (χ2n) is 3.02. The minimum Gasteiger partial charge on any atom is -0.199 e. The van der Waals surface area contributed by atoms with Gasteiger partial charge in [-0.2, -0.15) is 4.57 Å². The molecule has 0 aliphatic rings. The van der Waals surface area contributed by atoms with Gasteiger partial charge in [-0.05, 0) is 18.6 Å². The molecule has 0 aliphatic carbocycles. The summed E-state index contributed by atoms with van der Waals surface area (Å²) in [5.74, 6) is 0. The van der Waals surface area contributed by atoms with E-state index in [2.05, 4.69) is 55.3 Å². The van der Waals surface area contributed by atoms with Crippen LogP contribution in [0.3, 0.4) is 0 Å². The van der Waals surface area contributed by atoms with E-state index >= 15 is 0 Å². The van der Waals surface area contributed by atoms with Crippen LogP contribution in [0.15, 0.2) is 22.4 Å². The highest BCUT2D eigenvalue weighted by molar-refractivity contribution is 8.21. The van der Waals surface area contributed by atoms with E-state index in [1.165, 1.54) is 15.6 Å². The maximum absolute atomic E-state index is 2.22. The number of aryl methyl sites for hydroxylation is 1. The van der Waals surface area contributed by atoms with Crippen LogP contribution in [0, 0.1) is 6.92 Å². The lowest BCUT2D eigenvalue weighted by Crippen LogP contribution is -2.35. The number of nitrogens with zero attached hydrogens (tertiary/aromatic N) is 1. The molecule has 0 amide bonds. The highest BCUT2D eigenvalue weighted by Gasteiger charge is 2.06. The van der Waals surface area contributed by atoms with Crippen LogP contribution in [-0.2, 0) is 7.05 Å². The van der Waals surface area contributed by atoms with Crippen molar-refractivity contribution >= 4 is 29.6 Å². The fourth-order valence-corrected chi connectivity index (χ4v) is 2.32. The predicted molar refractivity (Wildman–Crippen MR) is 67.4 cm³/mol. The first kappa shape index (κ1) is 11.7. The molecule has 1 nitrogen and oxygen atoms in total. The molecule has 0 unspecified atom stereocenters. The van der Waals surface area contributed by atoms with E-state index in [4.69, 9.17) is 0 Å². The van der Waals surface area contributed by atoms with Crippen molar-refractivity contribution in [3.8, 4) is 0 Å². The van der Waals surface area contributed by atoms with Crippen molar-refractivity contribution in [2.45, 2.75) is 6.92 Å². The lowest BCUT2D eigenvalue weighted by atomic mass is 10.3. The molecule has 0 radical (unpaired) electrons. The summed E-state index contributed by atoms with van der Waals surface area (Å²) in [6, 6.07) is 6.36. The fraction of sp³-hybridized carbons (Fsp3) is 0.364. The van der Waals surface area contributed by atoms with E-state index < -0.39 is 0 Å². The van der Waals surface area contributed by atoms with E-state index in [0.29, 0.717) is 0 Å². The van der Waals surface area contributed by atoms with Crippen molar-refractivity contribution in [3.63, 3.8) is 0 Å². The number of pyridine rings is 1. The zero-order valence-electron chi connectivity index (χ0n) is 9.07. The molecule has 1 aromatic rings. The zero-order valence-corrected chi connectivity index (χ0v) is 10.7. The number of rotatable bonds is 3. The highest BCUT2D eigenvalue weighted by atomic mass is 32.2. The van der Waals surface area contributed by atoms with E-state index in [0.717, 1.165) is 0 Å². The van der Waals surface area contributed by atoms with Gasteiger partial charge in [0.15, 0.2) is 5.69 Å². The third-order valence-electron chi connectivity index (χ3n) is 2.19. The molecular weight excluding hydrogens is 210 g/mol. The Labute approximate surface area is 94.6 Å². The molecule has 0 fully saturated rings. The first-order valence-electron chi connectivity index (χ1n) is 4.44. The molecule has 0 atom stereocenters. The van der Waals surface area contributed by atoms with Gasteiger partial charge in [0.05, 0.1) is 0 Å². The molecule has 0 bridgehead atoms. The topological polar surface area (TPSA) is 3.88 Å². The zero-order chi connectivity index (χ0) is 10.6. The molecule has 76 valence electrons. The smallest absolute Gasteiger partial charge is 0.199 e. The Hall–Kier alpha value is -0.410. The number of hydrogen-bond donors (Lipinski definition) is 0. The predicted octanol–water partition coefficient (Wildman–Crippen LogP) is 2.84. The van der Waals surface area contributed by atoms with Gasteiger partial charge in [0.25, 0.3) is 0 Å². The maximum Gasteiger partial charge on any atom is 0.206 e. The summed E-state index contributed by atoms with van der Waals surface area (Å²) in [6.45, 7) is 2.12. The van der Waals surface area contributed by atoms with Crippen LogP contribution < -0.4 is 4.57 Å². The average Bonchev–Trinajstić information content (AvgIpc) is 2.20. The standard InChI is InChI=1S/C11H16NS2/c1-9-6-5-7-10(12(9)2)8-11(13-3)14-4/h5-8H,1-4H3/q+1. The van der Waals surface area contributed by atoms with Crippen molar-refractivity contribution in [1.29, 1.82) is 0 Å². The molecule has 1 heterocycles. The maximum atomic E-state index is 2.22. The Balaban J connectivity index is 3.07. The number of thioether (sulfide) groups is 2. The summed E-state index contributed by atoms with van der Waals surface area (Å²) < 4.78 is 3.54. The van der Waals surface area contributed by atoms with Crippen molar-refractivity contribution < 1.29 is 4.57 Å². The monoisotopic (exact) mass is 226 g/mol. The molecule has 0 saturated carbocycles. The molecule has 1 rings (SSSR count). The molecule has 3 heteroatoms. The van der Waals surface area contributed by atoms with Crippen molar-refractivity contribution in [2.24, 2.45) is 7.05 Å². The number of aromatic nitrogens is 1. The largest absolute Gasteiger partial charge is 0.206 e. The van der Waals surface area contributed by atoms with Crippen LogP contribution in [0.4, 0.5) is 0 Å². The summed E-state index contributed by atoms with van der Waals surface area (Å²) in [5.41, 5.74) is 2.53. The second-order valence-corrected chi connectivity index (χ2v) is 4.98. The van der Waals surface area contributed by atoms with Crippen molar-refractivity contribution in [3.05, 3.63) is 33.8 Å². The lowest BCUT2D eigenvalue weighted by molar-refractivity contribution is -0.679. The van der Waals surface area contributed by atoms with Crippen molar-refractivity contribution in [2.75, 3.05) is 12.5 Å². The van der Waals surface area contributed by atoms with E-state index in [1.807, 2.05) is 0 Å². The Kier molecular flexibility index (Phi) is 4.55. The van der Waals surface area contributed by atoms with Crippen LogP contribution in [0.1, 0.15) is 11.4 Å². The Morgan fingerprint density at radius 3 is 2.50 bits per heavy atom. The molecule has 14 heavy (non-hydrogen) atoms. The molecule has 0 spiro atoms. The van der Waals surface area contributed by atoms with Gasteiger partial charge < -0.3 is 0 Å². The van der Waals surface area contributed by atoms with Gasteiger partial charge in [0, 0.05) is 29.4 Å². The fourth-order valence-electron chi connectivity index (χ4n) is 1.18. The van der Waals surface area contributed by atoms with Crippen LogP contribution in [-0.4, -0.2) is 12.5 Å². The SMILES string of the molecule is CSC(=Cc1cccc(C)[n+]1C)SC. The van der Waals surface area contributed by atoms with Crippen LogP contribution in [0.2, 0.25) is 0 Å². The van der Waals surface area contributed by atoms with Gasteiger partial charge >= 0.3 is 0 Å². The minimum absolute atomic E-state index is 1.25. The summed E-state index contributed by atoms with van der Waals surface area (Å²) in [5, 5.41) is 0. The first-order valence-corrected chi connectivity index (χ1v) is 6.89. The molecule has 0 saturated heterocycles. The van der Waals surface area contributed by atoms with Gasteiger partial charge in [0.1, 0.15) is 7.05 Å². The molecule has 0 aliphatic heterocycles. The van der Waals surface area contributed by atoms with E-state index in [-0.39, 0.29) is 0 Å². The lowest BCUT2D eigenvalue weighted by Gasteiger charge is -2.00. The number of hydrogen-bond acceptors (Lipinski definition) is 2. The van der Waals surface area contributed by atoms with Gasteiger partial charge in [-0.1, -0.05) is 0 Å². The van der Waals surface area contributed by atoms with E-state index in [1.54, 1.807) is 23.5 Å². The second kappa shape index (κ2) is 5.47. The third kappa shape index (κ3) is 2.79. The summed E-state index contributed by atoms with van der Waals surface area (Å²) in [7, 11) is 2.10. The summed E-state index contributed by atoms with van der Waals surface area (Å²) in [6.07, 6.45) is 6.44. The van der Waals surface area contributed by atoms with Gasteiger partial charge in [-0.25, -0.2) is 0 Å². The first-order chi connectivity index (χ1) is 6.69. The molecular formula is C11H16NS2+. The Morgan fingerprint density at radius 1 is 1.29 bits per heavy atom. The summed E-state index contributed by atoms with van der Waals surface area (Å²) >= 11 is 3.58. The van der Waals surface area contributed by atoms with Crippen molar-refractivity contribution in [1.82, 2.24) is 0 Å². The van der Waals surface area contributed by atoms with Crippen LogP contribution >= 0.6 is 23.5 Å². The molecule has 1 aromatic heterocycles. The minimum atomic E-state index is 1.25. The Morgan fingerprint density at radius 2 is 1.93 bits per heavy atom. The highest BCUT2D eigenvalue weighted by Crippen LogP contribution is 2.25. The van der Waals surface area contributed by atoms with Gasteiger partial charge in [-0.15, -0.1) is 23.5 Å². The molecule has 0 N–H and O–H groups in total. The van der Waals surface area contributed by atoms with Gasteiger partial charge in [-0.3, -0.25) is 0 Å². The van der Waals surface area contributed by atoms with E-state index in [9.17, 15) is 0 Å². The third-order valence-corrected chi connectivity index (χ3v) is 4.23. The average molecular weight is 226 g/mol. The summed E-state index contributed by atoms with van der Waals surface area (Å²) in [4.78, 5) is 0. The quantitative estimate of drug-likeness (QED) is 0.730. The normalized spacial score (nSPS) is 10.0. The molecule has 0 aromatic carbocycles. The van der Waals surface area contributed by atoms with Crippen LogP contribution in [0.25, 0.3) is 6.08 Å². The van der Waals surface area contributed by atoms with Gasteiger partial charge in [0.2, 0.25) is 5.69 Å².